The van der Waals surface area contributed by atoms with E-state index in [0.29, 0.717) is 15.5 Å². The van der Waals surface area contributed by atoms with Crippen LogP contribution in [0.4, 0.5) is 0 Å². The standard InChI is InChI=1S/C3H3N3S3.H3N/c7-1-4-2(8)6-3(9)5-1;/h(H3,4,5,6,7,8,9);1H3. The van der Waals surface area contributed by atoms with Gasteiger partial charge in [-0.1, -0.05) is 0 Å². The van der Waals surface area contributed by atoms with E-state index in [0.717, 1.165) is 0 Å². The lowest BCUT2D eigenvalue weighted by molar-refractivity contribution is 0.725. The lowest BCUT2D eigenvalue weighted by Gasteiger charge is -1.91. The molecule has 7 heteroatoms. The molecule has 10 heavy (non-hydrogen) atoms. The van der Waals surface area contributed by atoms with Gasteiger partial charge in [0.15, 0.2) is 15.5 Å². The normalized spacial score (nSPS) is 8.70. The third-order valence-electron chi connectivity index (χ3n) is 0.600. The zero-order valence-corrected chi connectivity index (χ0v) is 7.57. The molecule has 4 nitrogen and oxygen atoms in total. The second-order valence-corrected chi connectivity index (χ2v) is 2.44. The lowest BCUT2D eigenvalue weighted by Crippen LogP contribution is -1.90. The summed E-state index contributed by atoms with van der Waals surface area (Å²) in [4.78, 5) is 11.1. The van der Waals surface area contributed by atoms with Crippen LogP contribution in [0.3, 0.4) is 0 Å². The summed E-state index contributed by atoms with van der Waals surface area (Å²) in [5.74, 6) is 0. The van der Waals surface area contributed by atoms with E-state index < -0.39 is 0 Å². The molecule has 1 aromatic heterocycles. The SMILES string of the molecule is N.Sc1nc(S)nc(S)n1. The fourth-order valence-electron chi connectivity index (χ4n) is 0.343. The van der Waals surface area contributed by atoms with Crippen LogP contribution < -0.4 is 6.15 Å². The van der Waals surface area contributed by atoms with Crippen LogP contribution >= 0.6 is 37.9 Å². The van der Waals surface area contributed by atoms with E-state index in [1.807, 2.05) is 0 Å². The van der Waals surface area contributed by atoms with Gasteiger partial charge in [-0.2, -0.15) is 15.0 Å². The van der Waals surface area contributed by atoms with E-state index in [-0.39, 0.29) is 6.15 Å². The Morgan fingerprint density at radius 2 is 0.900 bits per heavy atom. The molecular formula is C3H6N4S3. The Morgan fingerprint density at radius 1 is 0.700 bits per heavy atom. The first-order valence-corrected chi connectivity index (χ1v) is 3.35. The van der Waals surface area contributed by atoms with Gasteiger partial charge in [0.1, 0.15) is 0 Å². The molecule has 0 spiro atoms. The maximum absolute atomic E-state index is 3.86. The van der Waals surface area contributed by atoms with Gasteiger partial charge in [-0.3, -0.25) is 0 Å². The van der Waals surface area contributed by atoms with Crippen LogP contribution in [0.25, 0.3) is 0 Å². The number of thiol groups is 3. The van der Waals surface area contributed by atoms with E-state index in [1.54, 1.807) is 0 Å². The van der Waals surface area contributed by atoms with Crippen LogP contribution in [-0.2, 0) is 0 Å². The Kier molecular flexibility index (Phi) is 4.02. The predicted molar refractivity (Wildman–Crippen MR) is 46.6 cm³/mol. The van der Waals surface area contributed by atoms with E-state index in [2.05, 4.69) is 52.8 Å². The summed E-state index contributed by atoms with van der Waals surface area (Å²) < 4.78 is 0. The predicted octanol–water partition coefficient (Wildman–Crippen LogP) is 0.900. The molecule has 0 bridgehead atoms. The lowest BCUT2D eigenvalue weighted by atomic mass is 11.1. The van der Waals surface area contributed by atoms with Gasteiger partial charge in [-0.05, 0) is 0 Å². The summed E-state index contributed by atoms with van der Waals surface area (Å²) in [6.07, 6.45) is 0. The van der Waals surface area contributed by atoms with E-state index >= 15 is 0 Å². The molecule has 0 fully saturated rings. The second-order valence-electron chi connectivity index (χ2n) is 1.24. The summed E-state index contributed by atoms with van der Waals surface area (Å²) in [5, 5.41) is 1.00. The Balaban J connectivity index is 0.000000810. The fraction of sp³-hybridized carbons (Fsp3) is 0. The first-order valence-electron chi connectivity index (χ1n) is 2.01. The Hall–Kier alpha value is 0.0200. The molecule has 0 saturated heterocycles. The highest BCUT2D eigenvalue weighted by molar-refractivity contribution is 7.81. The van der Waals surface area contributed by atoms with Crippen molar-refractivity contribution >= 4 is 37.9 Å². The summed E-state index contributed by atoms with van der Waals surface area (Å²) in [6.45, 7) is 0. The van der Waals surface area contributed by atoms with Gasteiger partial charge in [0, 0.05) is 0 Å². The monoisotopic (exact) mass is 194 g/mol. The highest BCUT2D eigenvalue weighted by atomic mass is 32.1. The molecule has 0 aliphatic heterocycles. The molecule has 1 aromatic rings. The molecule has 56 valence electrons. The molecule has 1 rings (SSSR count). The van der Waals surface area contributed by atoms with Gasteiger partial charge < -0.3 is 6.15 Å². The minimum atomic E-state index is 0. The van der Waals surface area contributed by atoms with Crippen LogP contribution in [0, 0.1) is 0 Å². The Labute approximate surface area is 74.7 Å². The zero-order valence-electron chi connectivity index (χ0n) is 4.89. The molecule has 0 unspecified atom stereocenters. The molecule has 1 heterocycles. The van der Waals surface area contributed by atoms with E-state index in [4.69, 9.17) is 0 Å². The van der Waals surface area contributed by atoms with E-state index in [1.165, 1.54) is 0 Å². The maximum atomic E-state index is 3.86. The zero-order chi connectivity index (χ0) is 6.85. The Morgan fingerprint density at radius 3 is 1.10 bits per heavy atom. The fourth-order valence-corrected chi connectivity index (χ4v) is 1.15. The molecule has 0 aromatic carbocycles. The van der Waals surface area contributed by atoms with Gasteiger partial charge in [-0.25, -0.2) is 0 Å². The van der Waals surface area contributed by atoms with Crippen LogP contribution in [0.2, 0.25) is 0 Å². The number of hydrogen-bond acceptors (Lipinski definition) is 7. The molecular weight excluding hydrogens is 188 g/mol. The summed E-state index contributed by atoms with van der Waals surface area (Å²) in [5.41, 5.74) is 0. The third kappa shape index (κ3) is 2.74. The maximum Gasteiger partial charge on any atom is 0.189 e. The summed E-state index contributed by atoms with van der Waals surface area (Å²) in [6, 6.07) is 0. The van der Waals surface area contributed by atoms with Crippen molar-refractivity contribution in [3.8, 4) is 0 Å². The van der Waals surface area contributed by atoms with Crippen molar-refractivity contribution in [2.24, 2.45) is 0 Å². The number of aromatic nitrogens is 3. The topological polar surface area (TPSA) is 73.7 Å². The van der Waals surface area contributed by atoms with Gasteiger partial charge in [-0.15, -0.1) is 37.9 Å². The van der Waals surface area contributed by atoms with Crippen LogP contribution in [0.1, 0.15) is 0 Å². The third-order valence-corrected chi connectivity index (χ3v) is 1.20. The number of hydrogen-bond donors (Lipinski definition) is 4. The second kappa shape index (κ2) is 4.02. The number of rotatable bonds is 0. The minimum absolute atomic E-state index is 0. The van der Waals surface area contributed by atoms with Crippen molar-refractivity contribution in [1.82, 2.24) is 21.1 Å². The molecule has 0 aliphatic rings. The van der Waals surface area contributed by atoms with Crippen molar-refractivity contribution in [3.05, 3.63) is 0 Å². The van der Waals surface area contributed by atoms with Crippen LogP contribution in [-0.4, -0.2) is 15.0 Å². The Bertz CT molecular complexity index is 177. The molecule has 0 radical (unpaired) electrons. The first kappa shape index (κ1) is 10.0. The highest BCUT2D eigenvalue weighted by Gasteiger charge is 1.94. The van der Waals surface area contributed by atoms with Crippen molar-refractivity contribution in [2.45, 2.75) is 15.5 Å². The molecule has 0 atom stereocenters. The van der Waals surface area contributed by atoms with Crippen molar-refractivity contribution in [1.29, 1.82) is 0 Å². The van der Waals surface area contributed by atoms with E-state index in [9.17, 15) is 0 Å². The minimum Gasteiger partial charge on any atom is -0.344 e. The van der Waals surface area contributed by atoms with Crippen molar-refractivity contribution in [3.63, 3.8) is 0 Å². The highest BCUT2D eigenvalue weighted by Crippen LogP contribution is 2.04. The quantitative estimate of drug-likeness (QED) is 0.463. The van der Waals surface area contributed by atoms with Gasteiger partial charge >= 0.3 is 0 Å². The molecule has 3 N–H and O–H groups in total. The molecule has 0 aliphatic carbocycles. The van der Waals surface area contributed by atoms with Crippen LogP contribution in [0.5, 0.6) is 0 Å². The average Bonchev–Trinajstić information content (AvgIpc) is 1.59. The van der Waals surface area contributed by atoms with Crippen LogP contribution in [0.15, 0.2) is 15.5 Å². The van der Waals surface area contributed by atoms with Crippen molar-refractivity contribution < 1.29 is 0 Å². The average molecular weight is 194 g/mol. The summed E-state index contributed by atoms with van der Waals surface area (Å²) in [7, 11) is 0. The van der Waals surface area contributed by atoms with Crippen molar-refractivity contribution in [2.75, 3.05) is 0 Å². The first-order chi connectivity index (χ1) is 4.18. The molecule has 0 saturated carbocycles. The van der Waals surface area contributed by atoms with Gasteiger partial charge in [0.2, 0.25) is 0 Å². The van der Waals surface area contributed by atoms with Gasteiger partial charge in [0.05, 0.1) is 0 Å². The largest absolute Gasteiger partial charge is 0.344 e. The number of nitrogens with zero attached hydrogens (tertiary/aromatic N) is 3. The smallest absolute Gasteiger partial charge is 0.189 e. The summed E-state index contributed by atoms with van der Waals surface area (Å²) >= 11 is 11.6. The van der Waals surface area contributed by atoms with Gasteiger partial charge in [0.25, 0.3) is 0 Å². The molecule has 0 amide bonds.